The van der Waals surface area contributed by atoms with Crippen molar-refractivity contribution in [2.24, 2.45) is 5.92 Å². The van der Waals surface area contributed by atoms with Crippen molar-refractivity contribution in [2.45, 2.75) is 30.3 Å². The second-order valence-corrected chi connectivity index (χ2v) is 10.3. The lowest BCUT2D eigenvalue weighted by atomic mass is 9.90. The third-order valence-corrected chi connectivity index (χ3v) is 7.91. The highest BCUT2D eigenvalue weighted by Crippen LogP contribution is 2.38. The van der Waals surface area contributed by atoms with Gasteiger partial charge in [-0.05, 0) is 42.2 Å². The van der Waals surface area contributed by atoms with Crippen LogP contribution in [0.3, 0.4) is 0 Å². The zero-order valence-corrected chi connectivity index (χ0v) is 19.1. The highest BCUT2D eigenvalue weighted by molar-refractivity contribution is 7.89. The SMILES string of the molecule is O=C(NCc1ccccc1)[C@@H]1CC[C@H](c2ccccc2)N(S(=O)(=O)c2cccc(Cl)c2)C1. The Morgan fingerprint density at radius 1 is 0.938 bits per heavy atom. The highest BCUT2D eigenvalue weighted by atomic mass is 35.5. The smallest absolute Gasteiger partial charge is 0.243 e. The Bertz CT molecular complexity index is 1170. The Hall–Kier alpha value is -2.67. The lowest BCUT2D eigenvalue weighted by molar-refractivity contribution is -0.126. The molecular weight excluding hydrogens is 444 g/mol. The topological polar surface area (TPSA) is 66.5 Å². The van der Waals surface area contributed by atoms with Crippen molar-refractivity contribution in [1.82, 2.24) is 9.62 Å². The normalized spacial score (nSPS) is 19.4. The lowest BCUT2D eigenvalue weighted by Crippen LogP contribution is -2.46. The molecule has 7 heteroatoms. The fourth-order valence-corrected chi connectivity index (χ4v) is 6.11. The highest BCUT2D eigenvalue weighted by Gasteiger charge is 2.40. The van der Waals surface area contributed by atoms with E-state index < -0.39 is 15.9 Å². The molecule has 0 aliphatic carbocycles. The second-order valence-electron chi connectivity index (χ2n) is 7.94. The number of hydrogen-bond acceptors (Lipinski definition) is 3. The Morgan fingerprint density at radius 2 is 1.62 bits per heavy atom. The van der Waals surface area contributed by atoms with Crippen molar-refractivity contribution in [3.8, 4) is 0 Å². The molecule has 3 aromatic rings. The molecule has 1 heterocycles. The molecule has 1 aliphatic rings. The Balaban J connectivity index is 1.59. The first-order valence-electron chi connectivity index (χ1n) is 10.6. The Morgan fingerprint density at radius 3 is 2.31 bits per heavy atom. The van der Waals surface area contributed by atoms with Crippen LogP contribution >= 0.6 is 11.6 Å². The van der Waals surface area contributed by atoms with Crippen molar-refractivity contribution >= 4 is 27.5 Å². The number of rotatable bonds is 6. The molecule has 0 bridgehead atoms. The van der Waals surface area contributed by atoms with Gasteiger partial charge in [0, 0.05) is 18.1 Å². The zero-order chi connectivity index (χ0) is 22.6. The number of sulfonamides is 1. The monoisotopic (exact) mass is 468 g/mol. The van der Waals surface area contributed by atoms with Crippen LogP contribution in [0.15, 0.2) is 89.8 Å². The molecule has 4 rings (SSSR count). The summed E-state index contributed by atoms with van der Waals surface area (Å²) in [6.07, 6.45) is 1.18. The first-order valence-corrected chi connectivity index (χ1v) is 12.4. The minimum absolute atomic E-state index is 0.120. The van der Waals surface area contributed by atoms with E-state index in [1.165, 1.54) is 10.4 Å². The average Bonchev–Trinajstić information content (AvgIpc) is 2.83. The van der Waals surface area contributed by atoms with E-state index >= 15 is 0 Å². The summed E-state index contributed by atoms with van der Waals surface area (Å²) in [5.74, 6) is -0.556. The average molecular weight is 469 g/mol. The van der Waals surface area contributed by atoms with Crippen LogP contribution in [0.4, 0.5) is 0 Å². The van der Waals surface area contributed by atoms with Gasteiger partial charge < -0.3 is 5.32 Å². The second kappa shape index (κ2) is 9.86. The van der Waals surface area contributed by atoms with Crippen molar-refractivity contribution in [1.29, 1.82) is 0 Å². The van der Waals surface area contributed by atoms with Crippen molar-refractivity contribution in [3.63, 3.8) is 0 Å². The van der Waals surface area contributed by atoms with Gasteiger partial charge in [0.15, 0.2) is 0 Å². The molecule has 5 nitrogen and oxygen atoms in total. The summed E-state index contributed by atoms with van der Waals surface area (Å²) < 4.78 is 28.7. The molecule has 0 radical (unpaired) electrons. The van der Waals surface area contributed by atoms with Crippen LogP contribution in [0, 0.1) is 5.92 Å². The third kappa shape index (κ3) is 5.04. The van der Waals surface area contributed by atoms with Gasteiger partial charge in [-0.3, -0.25) is 4.79 Å². The fourth-order valence-electron chi connectivity index (χ4n) is 4.12. The summed E-state index contributed by atoms with van der Waals surface area (Å²) in [5, 5.41) is 3.32. The Kier molecular flexibility index (Phi) is 6.94. The number of nitrogens with zero attached hydrogens (tertiary/aromatic N) is 1. The summed E-state index contributed by atoms with van der Waals surface area (Å²) in [6, 6.07) is 25.2. The first kappa shape index (κ1) is 22.5. The molecule has 1 aliphatic heterocycles. The van der Waals surface area contributed by atoms with Crippen LogP contribution in [-0.4, -0.2) is 25.2 Å². The van der Waals surface area contributed by atoms with Gasteiger partial charge in [-0.2, -0.15) is 4.31 Å². The van der Waals surface area contributed by atoms with E-state index in [2.05, 4.69) is 5.32 Å². The molecule has 2 atom stereocenters. The van der Waals surface area contributed by atoms with Crippen LogP contribution in [0.2, 0.25) is 5.02 Å². The van der Waals surface area contributed by atoms with Gasteiger partial charge in [0.2, 0.25) is 15.9 Å². The molecule has 32 heavy (non-hydrogen) atoms. The molecular formula is C25H25ClN2O3S. The predicted molar refractivity (Wildman–Crippen MR) is 126 cm³/mol. The van der Waals surface area contributed by atoms with E-state index in [0.29, 0.717) is 24.4 Å². The molecule has 0 unspecified atom stereocenters. The summed E-state index contributed by atoms with van der Waals surface area (Å²) >= 11 is 6.07. The number of carbonyl (C=O) groups is 1. The molecule has 0 aromatic heterocycles. The van der Waals surface area contributed by atoms with E-state index in [9.17, 15) is 13.2 Å². The van der Waals surface area contributed by atoms with E-state index in [1.54, 1.807) is 18.2 Å². The Labute approximate surface area is 194 Å². The molecule has 166 valence electrons. The first-order chi connectivity index (χ1) is 15.4. The van der Waals surface area contributed by atoms with E-state index in [4.69, 9.17) is 11.6 Å². The van der Waals surface area contributed by atoms with Crippen molar-refractivity contribution in [3.05, 3.63) is 101 Å². The molecule has 1 fully saturated rings. The summed E-state index contributed by atoms with van der Waals surface area (Å²) in [7, 11) is -3.85. The van der Waals surface area contributed by atoms with Gasteiger partial charge in [0.05, 0.1) is 16.9 Å². The van der Waals surface area contributed by atoms with Gasteiger partial charge in [-0.1, -0.05) is 78.3 Å². The van der Waals surface area contributed by atoms with Gasteiger partial charge in [0.1, 0.15) is 0 Å². The molecule has 1 amide bonds. The number of carbonyl (C=O) groups excluding carboxylic acids is 1. The summed E-state index contributed by atoms with van der Waals surface area (Å²) in [5.41, 5.74) is 1.92. The van der Waals surface area contributed by atoms with Crippen LogP contribution in [-0.2, 0) is 21.4 Å². The molecule has 1 saturated heterocycles. The third-order valence-electron chi connectivity index (χ3n) is 5.80. The van der Waals surface area contributed by atoms with Crippen LogP contribution in [0.1, 0.15) is 30.0 Å². The number of amides is 1. The van der Waals surface area contributed by atoms with Crippen molar-refractivity contribution in [2.75, 3.05) is 6.54 Å². The number of hydrogen-bond donors (Lipinski definition) is 1. The van der Waals surface area contributed by atoms with Crippen LogP contribution < -0.4 is 5.32 Å². The minimum Gasteiger partial charge on any atom is -0.352 e. The maximum atomic E-state index is 13.6. The quantitative estimate of drug-likeness (QED) is 0.565. The molecule has 0 saturated carbocycles. The van der Waals surface area contributed by atoms with Gasteiger partial charge >= 0.3 is 0 Å². The predicted octanol–water partition coefficient (Wildman–Crippen LogP) is 4.80. The van der Waals surface area contributed by atoms with E-state index in [1.807, 2.05) is 60.7 Å². The number of piperidine rings is 1. The summed E-state index contributed by atoms with van der Waals surface area (Å²) in [6.45, 7) is 0.536. The van der Waals surface area contributed by atoms with E-state index in [0.717, 1.165) is 11.1 Å². The standard InChI is InChI=1S/C25H25ClN2O3S/c26-22-12-7-13-23(16-22)32(30,31)28-18-21(14-15-24(28)20-10-5-2-6-11-20)25(29)27-17-19-8-3-1-4-9-19/h1-13,16,21,24H,14-15,17-18H2,(H,27,29)/t21-,24-/m1/s1. The van der Waals surface area contributed by atoms with Crippen LogP contribution in [0.25, 0.3) is 0 Å². The lowest BCUT2D eigenvalue weighted by Gasteiger charge is -2.38. The molecule has 0 spiro atoms. The zero-order valence-electron chi connectivity index (χ0n) is 17.5. The van der Waals surface area contributed by atoms with Gasteiger partial charge in [0.25, 0.3) is 0 Å². The maximum absolute atomic E-state index is 13.6. The minimum atomic E-state index is -3.85. The number of nitrogens with one attached hydrogen (secondary N) is 1. The number of benzene rings is 3. The molecule has 3 aromatic carbocycles. The fraction of sp³-hybridized carbons (Fsp3) is 0.240. The van der Waals surface area contributed by atoms with Crippen molar-refractivity contribution < 1.29 is 13.2 Å². The largest absolute Gasteiger partial charge is 0.352 e. The van der Waals surface area contributed by atoms with Gasteiger partial charge in [-0.25, -0.2) is 8.42 Å². The summed E-state index contributed by atoms with van der Waals surface area (Å²) in [4.78, 5) is 13.1. The van der Waals surface area contributed by atoms with Crippen LogP contribution in [0.5, 0.6) is 0 Å². The molecule has 1 N–H and O–H groups in total. The van der Waals surface area contributed by atoms with Gasteiger partial charge in [-0.15, -0.1) is 0 Å². The van der Waals surface area contributed by atoms with E-state index in [-0.39, 0.29) is 23.4 Å². The number of halogens is 1. The maximum Gasteiger partial charge on any atom is 0.243 e.